The van der Waals surface area contributed by atoms with Crippen molar-refractivity contribution in [3.8, 4) is 0 Å². The molecule has 0 radical (unpaired) electrons. The highest BCUT2D eigenvalue weighted by molar-refractivity contribution is 14.0. The van der Waals surface area contributed by atoms with Crippen LogP contribution in [0.3, 0.4) is 0 Å². The summed E-state index contributed by atoms with van der Waals surface area (Å²) in [5, 5.41) is 10.4. The number of benzene rings is 1. The van der Waals surface area contributed by atoms with Gasteiger partial charge in [0.25, 0.3) is 0 Å². The van der Waals surface area contributed by atoms with E-state index in [-0.39, 0.29) is 35.2 Å². The maximum Gasteiger partial charge on any atom is 0.223 e. The summed E-state index contributed by atoms with van der Waals surface area (Å²) in [5.74, 6) is 1.59. The molecule has 1 aromatic carbocycles. The third-order valence-corrected chi connectivity index (χ3v) is 4.18. The Kier molecular flexibility index (Phi) is 6.74. The molecule has 0 bridgehead atoms. The fraction of sp³-hybridized carbons (Fsp3) is 0.471. The van der Waals surface area contributed by atoms with Crippen molar-refractivity contribution in [2.45, 2.75) is 38.6 Å². The van der Waals surface area contributed by atoms with Gasteiger partial charge in [-0.3, -0.25) is 0 Å². The monoisotopic (exact) mass is 459 g/mol. The number of rotatable bonds is 6. The molecule has 0 amide bonds. The molecule has 1 aromatic heterocycles. The van der Waals surface area contributed by atoms with E-state index in [1.807, 2.05) is 13.0 Å². The normalized spacial score (nSPS) is 15.4. The molecule has 1 aliphatic carbocycles. The summed E-state index contributed by atoms with van der Waals surface area (Å²) in [7, 11) is 0. The van der Waals surface area contributed by atoms with Gasteiger partial charge in [0.15, 0.2) is 11.8 Å². The molecule has 1 fully saturated rings. The van der Waals surface area contributed by atoms with Crippen molar-refractivity contribution in [2.75, 3.05) is 13.1 Å². The van der Waals surface area contributed by atoms with Crippen molar-refractivity contribution in [2.24, 2.45) is 4.99 Å². The molecule has 1 saturated carbocycles. The number of hydrogen-bond acceptors (Lipinski definition) is 4. The maximum atomic E-state index is 13.5. The quantitative estimate of drug-likeness (QED) is 0.395. The zero-order valence-electron chi connectivity index (χ0n) is 14.4. The zero-order chi connectivity index (χ0) is 17.0. The molecule has 1 heterocycles. The van der Waals surface area contributed by atoms with Crippen LogP contribution in [-0.4, -0.2) is 29.2 Å². The summed E-state index contributed by atoms with van der Waals surface area (Å²) < 4.78 is 18.4. The molecule has 1 aliphatic rings. The first kappa shape index (κ1) is 19.6. The van der Waals surface area contributed by atoms with Crippen molar-refractivity contribution < 1.29 is 8.91 Å². The molecule has 6 nitrogen and oxygen atoms in total. The van der Waals surface area contributed by atoms with Crippen LogP contribution in [0.2, 0.25) is 0 Å². The highest BCUT2D eigenvalue weighted by atomic mass is 127. The van der Waals surface area contributed by atoms with E-state index in [4.69, 9.17) is 4.52 Å². The van der Waals surface area contributed by atoms with Crippen LogP contribution in [0, 0.1) is 12.7 Å². The number of aromatic nitrogens is 2. The van der Waals surface area contributed by atoms with Gasteiger partial charge in [0, 0.05) is 25.4 Å². The van der Waals surface area contributed by atoms with Crippen LogP contribution in [-0.2, 0) is 12.0 Å². The zero-order valence-corrected chi connectivity index (χ0v) is 16.7. The second-order valence-electron chi connectivity index (χ2n) is 6.07. The number of hydrogen-bond donors (Lipinski definition) is 2. The van der Waals surface area contributed by atoms with Gasteiger partial charge in [0.05, 0.1) is 0 Å². The highest BCUT2D eigenvalue weighted by Crippen LogP contribution is 2.47. The average Bonchev–Trinajstić information content (AvgIpc) is 3.25. The number of nitrogens with one attached hydrogen (secondary N) is 2. The number of halogens is 2. The summed E-state index contributed by atoms with van der Waals surface area (Å²) in [6.07, 6.45) is 2.10. The predicted octanol–water partition coefficient (Wildman–Crippen LogP) is 2.92. The van der Waals surface area contributed by atoms with Gasteiger partial charge in [0.2, 0.25) is 5.89 Å². The molecule has 8 heteroatoms. The van der Waals surface area contributed by atoms with E-state index in [0.717, 1.165) is 24.9 Å². The number of nitrogens with zero attached hydrogens (tertiary/aromatic N) is 3. The predicted molar refractivity (Wildman–Crippen MR) is 105 cm³/mol. The van der Waals surface area contributed by atoms with Gasteiger partial charge >= 0.3 is 0 Å². The first-order chi connectivity index (χ1) is 11.6. The van der Waals surface area contributed by atoms with Gasteiger partial charge in [-0.2, -0.15) is 4.98 Å². The first-order valence-corrected chi connectivity index (χ1v) is 8.19. The Labute approximate surface area is 163 Å². The lowest BCUT2D eigenvalue weighted by atomic mass is 9.96. The van der Waals surface area contributed by atoms with Gasteiger partial charge in [0.1, 0.15) is 12.4 Å². The van der Waals surface area contributed by atoms with Gasteiger partial charge in [-0.05, 0) is 37.5 Å². The summed E-state index contributed by atoms with van der Waals surface area (Å²) in [6, 6.07) is 6.86. The second kappa shape index (κ2) is 8.59. The lowest BCUT2D eigenvalue weighted by Gasteiger charge is -2.19. The largest absolute Gasteiger partial charge is 0.357 e. The molecule has 0 unspecified atom stereocenters. The molecule has 136 valence electrons. The summed E-state index contributed by atoms with van der Waals surface area (Å²) in [5.41, 5.74) is 1.04. The standard InChI is InChI=1S/C17H22FN5O.HI/c1-3-19-16(20-10-15-22-12(2)24-23-15)21-11-17(7-8-17)13-5-4-6-14(18)9-13;/h4-6,9H,3,7-8,10-11H2,1-2H3,(H2,19,20,21);1H. The SMILES string of the molecule is CCNC(=NCc1noc(C)n1)NCC1(c2cccc(F)c2)CC1.I. The third kappa shape index (κ3) is 5.13. The average molecular weight is 459 g/mol. The lowest BCUT2D eigenvalue weighted by molar-refractivity contribution is 0.387. The Morgan fingerprint density at radius 2 is 2.16 bits per heavy atom. The van der Waals surface area contributed by atoms with Crippen LogP contribution in [0.1, 0.15) is 37.0 Å². The van der Waals surface area contributed by atoms with E-state index in [0.29, 0.717) is 30.8 Å². The summed E-state index contributed by atoms with van der Waals surface area (Å²) in [4.78, 5) is 8.61. The summed E-state index contributed by atoms with van der Waals surface area (Å²) in [6.45, 7) is 5.58. The van der Waals surface area contributed by atoms with E-state index in [1.54, 1.807) is 19.1 Å². The number of aliphatic imine (C=N–C) groups is 1. The third-order valence-electron chi connectivity index (χ3n) is 4.18. The second-order valence-corrected chi connectivity index (χ2v) is 6.07. The van der Waals surface area contributed by atoms with Crippen LogP contribution in [0.4, 0.5) is 4.39 Å². The minimum Gasteiger partial charge on any atom is -0.357 e. The molecule has 3 rings (SSSR count). The topological polar surface area (TPSA) is 75.3 Å². The molecule has 0 atom stereocenters. The molecule has 25 heavy (non-hydrogen) atoms. The van der Waals surface area contributed by atoms with Crippen molar-refractivity contribution in [1.82, 2.24) is 20.8 Å². The molecule has 0 aliphatic heterocycles. The summed E-state index contributed by atoms with van der Waals surface area (Å²) >= 11 is 0. The van der Waals surface area contributed by atoms with Crippen molar-refractivity contribution >= 4 is 29.9 Å². The molecule has 0 spiro atoms. The van der Waals surface area contributed by atoms with Gasteiger partial charge in [-0.15, -0.1) is 24.0 Å². The Hall–Kier alpha value is -1.71. The van der Waals surface area contributed by atoms with Crippen molar-refractivity contribution in [3.63, 3.8) is 0 Å². The highest BCUT2D eigenvalue weighted by Gasteiger charge is 2.44. The Bertz CT molecular complexity index is 729. The minimum absolute atomic E-state index is 0. The molecular weight excluding hydrogens is 436 g/mol. The van der Waals surface area contributed by atoms with Crippen LogP contribution < -0.4 is 10.6 Å². The fourth-order valence-electron chi connectivity index (χ4n) is 2.69. The van der Waals surface area contributed by atoms with E-state index < -0.39 is 0 Å². The maximum absolute atomic E-state index is 13.5. The van der Waals surface area contributed by atoms with Crippen LogP contribution in [0.15, 0.2) is 33.8 Å². The number of guanidine groups is 1. The Morgan fingerprint density at radius 3 is 2.76 bits per heavy atom. The van der Waals surface area contributed by atoms with Crippen LogP contribution in [0.5, 0.6) is 0 Å². The van der Waals surface area contributed by atoms with Crippen molar-refractivity contribution in [1.29, 1.82) is 0 Å². The van der Waals surface area contributed by atoms with E-state index in [1.165, 1.54) is 6.07 Å². The van der Waals surface area contributed by atoms with Crippen LogP contribution >= 0.6 is 24.0 Å². The molecule has 2 aromatic rings. The van der Waals surface area contributed by atoms with E-state index in [9.17, 15) is 4.39 Å². The van der Waals surface area contributed by atoms with E-state index in [2.05, 4.69) is 25.8 Å². The Morgan fingerprint density at radius 1 is 1.36 bits per heavy atom. The van der Waals surface area contributed by atoms with Gasteiger partial charge in [-0.25, -0.2) is 9.38 Å². The van der Waals surface area contributed by atoms with Crippen LogP contribution in [0.25, 0.3) is 0 Å². The first-order valence-electron chi connectivity index (χ1n) is 8.19. The van der Waals surface area contributed by atoms with E-state index >= 15 is 0 Å². The minimum atomic E-state index is -0.188. The smallest absolute Gasteiger partial charge is 0.223 e. The van der Waals surface area contributed by atoms with Gasteiger partial charge < -0.3 is 15.2 Å². The van der Waals surface area contributed by atoms with Gasteiger partial charge in [-0.1, -0.05) is 17.3 Å². The fourth-order valence-corrected chi connectivity index (χ4v) is 2.69. The van der Waals surface area contributed by atoms with Crippen molar-refractivity contribution in [3.05, 3.63) is 47.4 Å². The molecule has 0 saturated heterocycles. The Balaban J connectivity index is 0.00000225. The molecule has 2 N–H and O–H groups in total. The molecular formula is C17H23FIN5O. The lowest BCUT2D eigenvalue weighted by Crippen LogP contribution is -2.41. The number of aryl methyl sites for hydroxylation is 1.